The first-order chi connectivity index (χ1) is 10.6. The predicted molar refractivity (Wildman–Crippen MR) is 89.2 cm³/mol. The molecule has 1 aromatic heterocycles. The maximum Gasteiger partial charge on any atom is 0.274 e. The van der Waals surface area contributed by atoms with Crippen molar-refractivity contribution in [3.63, 3.8) is 0 Å². The lowest BCUT2D eigenvalue weighted by Gasteiger charge is -2.08. The van der Waals surface area contributed by atoms with Crippen LogP contribution in [0.3, 0.4) is 0 Å². The van der Waals surface area contributed by atoms with Gasteiger partial charge in [-0.15, -0.1) is 6.58 Å². The molecule has 22 heavy (non-hydrogen) atoms. The van der Waals surface area contributed by atoms with Gasteiger partial charge in [0.25, 0.3) is 5.91 Å². The van der Waals surface area contributed by atoms with Crippen LogP contribution < -0.4 is 10.6 Å². The Hall–Kier alpha value is -2.69. The summed E-state index contributed by atoms with van der Waals surface area (Å²) in [6.45, 7) is 8.09. The highest BCUT2D eigenvalue weighted by Crippen LogP contribution is 2.12. The standard InChI is InChI=1S/C17H20N4O/c1-4-10-18-17-19-12(3)11-15(21-17)16(22)20-14-8-6-13(5-2)7-9-14/h4,6-9,11H,1,5,10H2,2-3H3,(H,20,22)(H,18,19,21). The van der Waals surface area contributed by atoms with Gasteiger partial charge in [-0.25, -0.2) is 9.97 Å². The number of rotatable bonds is 6. The minimum Gasteiger partial charge on any atom is -0.351 e. The minimum atomic E-state index is -0.253. The molecule has 0 spiro atoms. The first kappa shape index (κ1) is 15.7. The number of amides is 1. The second-order valence-corrected chi connectivity index (χ2v) is 4.89. The molecule has 0 radical (unpaired) electrons. The number of anilines is 2. The smallest absolute Gasteiger partial charge is 0.274 e. The Bertz CT molecular complexity index is 665. The molecule has 0 aliphatic heterocycles. The van der Waals surface area contributed by atoms with E-state index in [0.29, 0.717) is 18.2 Å². The summed E-state index contributed by atoms with van der Waals surface area (Å²) in [7, 11) is 0. The molecule has 0 saturated heterocycles. The van der Waals surface area contributed by atoms with Crippen LogP contribution in [0.2, 0.25) is 0 Å². The zero-order valence-corrected chi connectivity index (χ0v) is 12.9. The van der Waals surface area contributed by atoms with Crippen LogP contribution in [0.4, 0.5) is 11.6 Å². The number of aromatic nitrogens is 2. The summed E-state index contributed by atoms with van der Waals surface area (Å²) in [6.07, 6.45) is 2.68. The number of carbonyl (C=O) groups excluding carboxylic acids is 1. The number of carbonyl (C=O) groups is 1. The highest BCUT2D eigenvalue weighted by Gasteiger charge is 2.10. The highest BCUT2D eigenvalue weighted by molar-refractivity contribution is 6.03. The second kappa shape index (κ2) is 7.36. The Morgan fingerprint density at radius 1 is 1.27 bits per heavy atom. The molecule has 0 saturated carbocycles. The molecule has 2 aromatic rings. The predicted octanol–water partition coefficient (Wildman–Crippen LogP) is 3.20. The van der Waals surface area contributed by atoms with Gasteiger partial charge in [-0.2, -0.15) is 0 Å². The molecule has 114 valence electrons. The first-order valence-corrected chi connectivity index (χ1v) is 7.23. The van der Waals surface area contributed by atoms with Crippen molar-refractivity contribution >= 4 is 17.5 Å². The number of hydrogen-bond donors (Lipinski definition) is 2. The minimum absolute atomic E-state index is 0.253. The summed E-state index contributed by atoms with van der Waals surface area (Å²) in [5.74, 6) is 0.169. The third-order valence-electron chi connectivity index (χ3n) is 3.11. The van der Waals surface area contributed by atoms with Crippen LogP contribution in [-0.2, 0) is 6.42 Å². The largest absolute Gasteiger partial charge is 0.351 e. The molecule has 2 N–H and O–H groups in total. The molecule has 0 unspecified atom stereocenters. The molecule has 0 atom stereocenters. The second-order valence-electron chi connectivity index (χ2n) is 4.89. The third-order valence-corrected chi connectivity index (χ3v) is 3.11. The highest BCUT2D eigenvalue weighted by atomic mass is 16.1. The monoisotopic (exact) mass is 296 g/mol. The van der Waals surface area contributed by atoms with Crippen LogP contribution in [0.1, 0.15) is 28.7 Å². The fraction of sp³-hybridized carbons (Fsp3) is 0.235. The maximum atomic E-state index is 12.3. The van der Waals surface area contributed by atoms with Gasteiger partial charge in [-0.05, 0) is 37.1 Å². The molecule has 0 bridgehead atoms. The Kier molecular flexibility index (Phi) is 5.25. The number of hydrogen-bond acceptors (Lipinski definition) is 4. The molecule has 5 heteroatoms. The molecule has 0 aliphatic rings. The van der Waals surface area contributed by atoms with Crippen molar-refractivity contribution in [3.8, 4) is 0 Å². The SMILES string of the molecule is C=CCNc1nc(C)cc(C(=O)Nc2ccc(CC)cc2)n1. The zero-order valence-electron chi connectivity index (χ0n) is 12.9. The van der Waals surface area contributed by atoms with Crippen molar-refractivity contribution in [2.75, 3.05) is 17.2 Å². The van der Waals surface area contributed by atoms with E-state index in [2.05, 4.69) is 34.1 Å². The van der Waals surface area contributed by atoms with Crippen molar-refractivity contribution in [2.24, 2.45) is 0 Å². The van der Waals surface area contributed by atoms with Gasteiger partial charge in [-0.3, -0.25) is 4.79 Å². The molecule has 1 amide bonds. The average Bonchev–Trinajstić information content (AvgIpc) is 2.53. The van der Waals surface area contributed by atoms with E-state index in [9.17, 15) is 4.79 Å². The average molecular weight is 296 g/mol. The van der Waals surface area contributed by atoms with Gasteiger partial charge < -0.3 is 10.6 Å². The van der Waals surface area contributed by atoms with E-state index in [4.69, 9.17) is 0 Å². The lowest BCUT2D eigenvalue weighted by Crippen LogP contribution is -2.16. The number of aryl methyl sites for hydroxylation is 2. The molecule has 5 nitrogen and oxygen atoms in total. The van der Waals surface area contributed by atoms with Gasteiger partial charge >= 0.3 is 0 Å². The molecule has 0 fully saturated rings. The molecular formula is C17H20N4O. The van der Waals surface area contributed by atoms with Crippen molar-refractivity contribution in [2.45, 2.75) is 20.3 Å². The van der Waals surface area contributed by atoms with Gasteiger partial charge in [-0.1, -0.05) is 25.1 Å². The third kappa shape index (κ3) is 4.15. The Morgan fingerprint density at radius 3 is 2.64 bits per heavy atom. The zero-order chi connectivity index (χ0) is 15.9. The van der Waals surface area contributed by atoms with E-state index in [-0.39, 0.29) is 5.91 Å². The lowest BCUT2D eigenvalue weighted by molar-refractivity contribution is 0.102. The van der Waals surface area contributed by atoms with Crippen molar-refractivity contribution in [3.05, 3.63) is 59.9 Å². The topological polar surface area (TPSA) is 66.9 Å². The van der Waals surface area contributed by atoms with Crippen molar-refractivity contribution in [1.82, 2.24) is 9.97 Å². The molecule has 2 rings (SSSR count). The normalized spacial score (nSPS) is 10.1. The van der Waals surface area contributed by atoms with Crippen LogP contribution in [0.25, 0.3) is 0 Å². The first-order valence-electron chi connectivity index (χ1n) is 7.23. The summed E-state index contributed by atoms with van der Waals surface area (Å²) in [4.78, 5) is 20.7. The van der Waals surface area contributed by atoms with Crippen molar-refractivity contribution in [1.29, 1.82) is 0 Å². The van der Waals surface area contributed by atoms with Crippen LogP contribution in [0, 0.1) is 6.92 Å². The Morgan fingerprint density at radius 2 is 2.00 bits per heavy atom. The van der Waals surface area contributed by atoms with Crippen LogP contribution in [-0.4, -0.2) is 22.4 Å². The van der Waals surface area contributed by atoms with E-state index < -0.39 is 0 Å². The Balaban J connectivity index is 2.13. The Labute approximate surface area is 130 Å². The quantitative estimate of drug-likeness (QED) is 0.803. The number of nitrogens with zero attached hydrogens (tertiary/aromatic N) is 2. The van der Waals surface area contributed by atoms with Crippen molar-refractivity contribution < 1.29 is 4.79 Å². The fourth-order valence-electron chi connectivity index (χ4n) is 1.95. The molecule has 0 aliphatic carbocycles. The molecular weight excluding hydrogens is 276 g/mol. The van der Waals surface area contributed by atoms with Gasteiger partial charge in [0, 0.05) is 17.9 Å². The molecule has 1 heterocycles. The summed E-state index contributed by atoms with van der Waals surface area (Å²) >= 11 is 0. The van der Waals surface area contributed by atoms with E-state index in [1.807, 2.05) is 31.2 Å². The van der Waals surface area contributed by atoms with E-state index in [1.165, 1.54) is 5.56 Å². The van der Waals surface area contributed by atoms with Gasteiger partial charge in [0.1, 0.15) is 5.69 Å². The summed E-state index contributed by atoms with van der Waals surface area (Å²) in [5, 5.41) is 5.83. The van der Waals surface area contributed by atoms with E-state index in [0.717, 1.165) is 17.8 Å². The van der Waals surface area contributed by atoms with Gasteiger partial charge in [0.05, 0.1) is 0 Å². The van der Waals surface area contributed by atoms with Crippen LogP contribution in [0.5, 0.6) is 0 Å². The van der Waals surface area contributed by atoms with Gasteiger partial charge in [0.15, 0.2) is 0 Å². The molecule has 1 aromatic carbocycles. The maximum absolute atomic E-state index is 12.3. The number of benzene rings is 1. The number of nitrogens with one attached hydrogen (secondary N) is 2. The fourth-order valence-corrected chi connectivity index (χ4v) is 1.95. The summed E-state index contributed by atoms with van der Waals surface area (Å²) in [6, 6.07) is 9.44. The van der Waals surface area contributed by atoms with Crippen LogP contribution >= 0.6 is 0 Å². The summed E-state index contributed by atoms with van der Waals surface area (Å²) in [5.41, 5.74) is 3.04. The van der Waals surface area contributed by atoms with Crippen LogP contribution in [0.15, 0.2) is 43.0 Å². The van der Waals surface area contributed by atoms with E-state index >= 15 is 0 Å². The van der Waals surface area contributed by atoms with Gasteiger partial charge in [0.2, 0.25) is 5.95 Å². The van der Waals surface area contributed by atoms with E-state index in [1.54, 1.807) is 12.1 Å². The lowest BCUT2D eigenvalue weighted by atomic mass is 10.1. The summed E-state index contributed by atoms with van der Waals surface area (Å²) < 4.78 is 0.